The van der Waals surface area contributed by atoms with Gasteiger partial charge in [0.2, 0.25) is 5.91 Å². The molecule has 0 aliphatic rings. The van der Waals surface area contributed by atoms with Crippen molar-refractivity contribution in [2.75, 3.05) is 6.54 Å². The van der Waals surface area contributed by atoms with Gasteiger partial charge in [0.25, 0.3) is 0 Å². The highest BCUT2D eigenvalue weighted by atomic mass is 19.1. The Balaban J connectivity index is 1.56. The van der Waals surface area contributed by atoms with Crippen molar-refractivity contribution in [3.63, 3.8) is 0 Å². The van der Waals surface area contributed by atoms with Gasteiger partial charge < -0.3 is 10.3 Å². The number of halogens is 2. The van der Waals surface area contributed by atoms with Gasteiger partial charge in [0.05, 0.1) is 6.42 Å². The van der Waals surface area contributed by atoms with Gasteiger partial charge in [-0.1, -0.05) is 12.1 Å². The van der Waals surface area contributed by atoms with Gasteiger partial charge in [0, 0.05) is 23.6 Å². The molecule has 0 spiro atoms. The SMILES string of the molecule is O=C(Cc1c[nH]c2ccc(F)cc12)NCCc1ccc(F)cc1. The van der Waals surface area contributed by atoms with Crippen LogP contribution in [-0.4, -0.2) is 17.4 Å². The van der Waals surface area contributed by atoms with Crippen molar-refractivity contribution in [3.8, 4) is 0 Å². The van der Waals surface area contributed by atoms with Crippen molar-refractivity contribution in [2.45, 2.75) is 12.8 Å². The smallest absolute Gasteiger partial charge is 0.224 e. The lowest BCUT2D eigenvalue weighted by atomic mass is 10.1. The summed E-state index contributed by atoms with van der Waals surface area (Å²) in [6.45, 7) is 0.473. The lowest BCUT2D eigenvalue weighted by Gasteiger charge is -2.05. The highest BCUT2D eigenvalue weighted by Gasteiger charge is 2.09. The molecule has 3 nitrogen and oxygen atoms in total. The summed E-state index contributed by atoms with van der Waals surface area (Å²) in [5.74, 6) is -0.725. The summed E-state index contributed by atoms with van der Waals surface area (Å²) in [5, 5.41) is 3.54. The van der Waals surface area contributed by atoms with Gasteiger partial charge in [-0.25, -0.2) is 8.78 Å². The van der Waals surface area contributed by atoms with Crippen LogP contribution in [0.1, 0.15) is 11.1 Å². The third kappa shape index (κ3) is 3.74. The van der Waals surface area contributed by atoms with Crippen molar-refractivity contribution < 1.29 is 13.6 Å². The van der Waals surface area contributed by atoms with E-state index in [1.54, 1.807) is 24.4 Å². The van der Waals surface area contributed by atoms with Crippen LogP contribution in [0.25, 0.3) is 10.9 Å². The van der Waals surface area contributed by atoms with Gasteiger partial charge >= 0.3 is 0 Å². The van der Waals surface area contributed by atoms with E-state index in [-0.39, 0.29) is 24.0 Å². The molecular formula is C18H16F2N2O. The van der Waals surface area contributed by atoms with Crippen LogP contribution < -0.4 is 5.32 Å². The molecule has 0 fully saturated rings. The molecule has 1 aromatic heterocycles. The maximum absolute atomic E-state index is 13.3. The molecule has 0 radical (unpaired) electrons. The molecule has 3 rings (SSSR count). The van der Waals surface area contributed by atoms with Crippen LogP contribution in [0.3, 0.4) is 0 Å². The Hall–Kier alpha value is -2.69. The van der Waals surface area contributed by atoms with E-state index in [0.29, 0.717) is 13.0 Å². The molecule has 23 heavy (non-hydrogen) atoms. The van der Waals surface area contributed by atoms with Crippen molar-refractivity contribution in [3.05, 3.63) is 71.4 Å². The maximum Gasteiger partial charge on any atom is 0.224 e. The second-order valence-corrected chi connectivity index (χ2v) is 5.41. The molecule has 5 heteroatoms. The number of benzene rings is 2. The summed E-state index contributed by atoms with van der Waals surface area (Å²) in [4.78, 5) is 15.0. The largest absolute Gasteiger partial charge is 0.361 e. The molecule has 3 aromatic rings. The second-order valence-electron chi connectivity index (χ2n) is 5.41. The summed E-state index contributed by atoms with van der Waals surface area (Å²) in [6.07, 6.45) is 2.55. The van der Waals surface area contributed by atoms with Gasteiger partial charge in [-0.05, 0) is 47.9 Å². The van der Waals surface area contributed by atoms with Gasteiger partial charge in [0.1, 0.15) is 11.6 Å². The van der Waals surface area contributed by atoms with Crippen LogP contribution >= 0.6 is 0 Å². The fourth-order valence-electron chi connectivity index (χ4n) is 2.53. The predicted octanol–water partition coefficient (Wildman–Crippen LogP) is 3.35. The fraction of sp³-hybridized carbons (Fsp3) is 0.167. The van der Waals surface area contributed by atoms with Gasteiger partial charge in [-0.15, -0.1) is 0 Å². The third-order valence-electron chi connectivity index (χ3n) is 3.73. The average molecular weight is 314 g/mol. The van der Waals surface area contributed by atoms with Crippen molar-refractivity contribution in [2.24, 2.45) is 0 Å². The van der Waals surface area contributed by atoms with E-state index in [4.69, 9.17) is 0 Å². The lowest BCUT2D eigenvalue weighted by Crippen LogP contribution is -2.27. The zero-order valence-corrected chi connectivity index (χ0v) is 12.4. The van der Waals surface area contributed by atoms with Crippen molar-refractivity contribution in [1.29, 1.82) is 0 Å². The fourth-order valence-corrected chi connectivity index (χ4v) is 2.53. The first-order valence-electron chi connectivity index (χ1n) is 7.38. The number of nitrogens with one attached hydrogen (secondary N) is 2. The van der Waals surface area contributed by atoms with E-state index < -0.39 is 0 Å². The minimum Gasteiger partial charge on any atom is -0.361 e. The summed E-state index contributed by atoms with van der Waals surface area (Å²) in [5.41, 5.74) is 2.53. The Morgan fingerprint density at radius 1 is 1.04 bits per heavy atom. The van der Waals surface area contributed by atoms with Crippen molar-refractivity contribution >= 4 is 16.8 Å². The molecule has 0 bridgehead atoms. The van der Waals surface area contributed by atoms with Gasteiger partial charge in [-0.3, -0.25) is 4.79 Å². The number of carbonyl (C=O) groups is 1. The van der Waals surface area contributed by atoms with E-state index in [1.165, 1.54) is 24.3 Å². The normalized spacial score (nSPS) is 10.9. The van der Waals surface area contributed by atoms with Gasteiger partial charge in [0.15, 0.2) is 0 Å². The summed E-state index contributed by atoms with van der Waals surface area (Å²) >= 11 is 0. The number of rotatable bonds is 5. The van der Waals surface area contributed by atoms with E-state index in [9.17, 15) is 13.6 Å². The standard InChI is InChI=1S/C18H16F2N2O/c19-14-3-1-12(2-4-14)7-8-21-18(23)9-13-11-22-17-6-5-15(20)10-16(13)17/h1-6,10-11,22H,7-9H2,(H,21,23). The molecule has 0 aliphatic heterocycles. The molecule has 0 aliphatic carbocycles. The molecule has 1 heterocycles. The first-order valence-corrected chi connectivity index (χ1v) is 7.38. The quantitative estimate of drug-likeness (QED) is 0.745. The van der Waals surface area contributed by atoms with Crippen LogP contribution in [-0.2, 0) is 17.6 Å². The number of aromatic amines is 1. The zero-order chi connectivity index (χ0) is 16.2. The number of H-pyrrole nitrogens is 1. The average Bonchev–Trinajstić information content (AvgIpc) is 2.91. The van der Waals surface area contributed by atoms with Crippen LogP contribution in [0.4, 0.5) is 8.78 Å². The number of carbonyl (C=O) groups excluding carboxylic acids is 1. The van der Waals surface area contributed by atoms with E-state index in [1.807, 2.05) is 0 Å². The Labute approximate surface area is 132 Å². The second kappa shape index (κ2) is 6.60. The van der Waals surface area contributed by atoms with Gasteiger partial charge in [-0.2, -0.15) is 0 Å². The Kier molecular flexibility index (Phi) is 4.37. The molecule has 0 saturated carbocycles. The first kappa shape index (κ1) is 15.2. The molecule has 0 atom stereocenters. The number of hydrogen-bond acceptors (Lipinski definition) is 1. The van der Waals surface area contributed by atoms with Crippen LogP contribution in [0.15, 0.2) is 48.7 Å². The predicted molar refractivity (Wildman–Crippen MR) is 85.1 cm³/mol. The summed E-state index contributed by atoms with van der Waals surface area (Å²) in [6, 6.07) is 10.7. The third-order valence-corrected chi connectivity index (χ3v) is 3.73. The molecule has 2 aromatic carbocycles. The monoisotopic (exact) mass is 314 g/mol. The maximum atomic E-state index is 13.3. The number of aromatic nitrogens is 1. The number of amides is 1. The summed E-state index contributed by atoms with van der Waals surface area (Å²) in [7, 11) is 0. The molecule has 118 valence electrons. The molecule has 0 saturated heterocycles. The lowest BCUT2D eigenvalue weighted by molar-refractivity contribution is -0.120. The Morgan fingerprint density at radius 3 is 2.57 bits per heavy atom. The number of fused-ring (bicyclic) bond motifs is 1. The van der Waals surface area contributed by atoms with E-state index >= 15 is 0 Å². The first-order chi connectivity index (χ1) is 11.1. The molecular weight excluding hydrogens is 298 g/mol. The molecule has 1 amide bonds. The minimum atomic E-state index is -0.324. The van der Waals surface area contributed by atoms with Crippen molar-refractivity contribution in [1.82, 2.24) is 10.3 Å². The van der Waals surface area contributed by atoms with E-state index in [0.717, 1.165) is 22.0 Å². The number of hydrogen-bond donors (Lipinski definition) is 2. The summed E-state index contributed by atoms with van der Waals surface area (Å²) < 4.78 is 26.1. The zero-order valence-electron chi connectivity index (χ0n) is 12.4. The Morgan fingerprint density at radius 2 is 1.78 bits per heavy atom. The molecule has 2 N–H and O–H groups in total. The van der Waals surface area contributed by atoms with Crippen LogP contribution in [0, 0.1) is 11.6 Å². The van der Waals surface area contributed by atoms with E-state index in [2.05, 4.69) is 10.3 Å². The minimum absolute atomic E-state index is 0.128. The molecule has 0 unspecified atom stereocenters. The van der Waals surface area contributed by atoms with Crippen LogP contribution in [0.5, 0.6) is 0 Å². The highest BCUT2D eigenvalue weighted by Crippen LogP contribution is 2.19. The Bertz CT molecular complexity index is 825. The topological polar surface area (TPSA) is 44.9 Å². The van der Waals surface area contributed by atoms with Crippen LogP contribution in [0.2, 0.25) is 0 Å². The highest BCUT2D eigenvalue weighted by molar-refractivity contribution is 5.88.